The summed E-state index contributed by atoms with van der Waals surface area (Å²) in [6, 6.07) is 0. The lowest BCUT2D eigenvalue weighted by molar-refractivity contribution is -0.125. The third-order valence-corrected chi connectivity index (χ3v) is 3.30. The van der Waals surface area contributed by atoms with Crippen molar-refractivity contribution in [3.8, 4) is 0 Å². The molecule has 128 valence electrons. The van der Waals surface area contributed by atoms with Gasteiger partial charge in [0.25, 0.3) is 0 Å². The lowest BCUT2D eigenvalue weighted by atomic mass is 10.0. The first-order valence-electron chi connectivity index (χ1n) is 6.69. The Labute approximate surface area is 127 Å². The highest BCUT2D eigenvalue weighted by Gasteiger charge is 2.27. The van der Waals surface area contributed by atoms with Crippen molar-refractivity contribution in [2.75, 3.05) is 39.5 Å². The Morgan fingerprint density at radius 3 is 1.05 bits per heavy atom. The quantitative estimate of drug-likeness (QED) is 0.209. The van der Waals surface area contributed by atoms with Gasteiger partial charge in [0.1, 0.15) is 0 Å². The predicted molar refractivity (Wildman–Crippen MR) is 75.8 cm³/mol. The molecule has 0 aliphatic heterocycles. The van der Waals surface area contributed by atoms with Crippen molar-refractivity contribution in [1.82, 2.24) is 4.90 Å². The predicted octanol–water partition coefficient (Wildman–Crippen LogP) is -4.43. The molecule has 0 radical (unpaired) electrons. The molecule has 0 heterocycles. The van der Waals surface area contributed by atoms with E-state index in [1.807, 2.05) is 0 Å². The van der Waals surface area contributed by atoms with Crippen LogP contribution >= 0.6 is 0 Å². The average molecular weight is 320 g/mol. The molecule has 0 aromatic carbocycles. The fraction of sp³-hybridized carbons (Fsp3) is 0.750. The Balaban J connectivity index is 5.07. The second kappa shape index (κ2) is 10.1. The third kappa shape index (κ3) is 6.80. The summed E-state index contributed by atoms with van der Waals surface area (Å²) in [6.45, 7) is -1.77. The van der Waals surface area contributed by atoms with Gasteiger partial charge in [-0.2, -0.15) is 0 Å². The normalized spacial score (nSPS) is 15.3. The van der Waals surface area contributed by atoms with Gasteiger partial charge in [0.05, 0.1) is 37.6 Å². The second-order valence-electron chi connectivity index (χ2n) is 5.06. The van der Waals surface area contributed by atoms with Crippen molar-refractivity contribution >= 4 is 17.7 Å². The monoisotopic (exact) mass is 320 g/mol. The minimum atomic E-state index is -0.931. The van der Waals surface area contributed by atoms with Gasteiger partial charge in [-0.25, -0.2) is 0 Å². The van der Waals surface area contributed by atoms with Crippen molar-refractivity contribution < 1.29 is 29.7 Å². The highest BCUT2D eigenvalue weighted by Crippen LogP contribution is 2.09. The number of carbonyl (C=O) groups excluding carboxylic acids is 3. The van der Waals surface area contributed by atoms with Crippen LogP contribution in [-0.4, -0.2) is 77.4 Å². The molecule has 10 heteroatoms. The van der Waals surface area contributed by atoms with E-state index < -0.39 is 55.3 Å². The summed E-state index contributed by atoms with van der Waals surface area (Å²) in [5.41, 5.74) is 15.4. The molecule has 0 aliphatic carbocycles. The van der Waals surface area contributed by atoms with Crippen LogP contribution in [0.5, 0.6) is 0 Å². The molecule has 0 aromatic rings. The molecule has 3 unspecified atom stereocenters. The fourth-order valence-electron chi connectivity index (χ4n) is 1.87. The average Bonchev–Trinajstić information content (AvgIpc) is 2.45. The molecule has 0 rings (SSSR count). The maximum Gasteiger partial charge on any atom is 0.224 e. The van der Waals surface area contributed by atoms with Crippen LogP contribution in [-0.2, 0) is 14.4 Å². The minimum absolute atomic E-state index is 0.0700. The van der Waals surface area contributed by atoms with E-state index in [0.717, 1.165) is 0 Å². The van der Waals surface area contributed by atoms with Crippen LogP contribution in [0.1, 0.15) is 0 Å². The largest absolute Gasteiger partial charge is 0.395 e. The van der Waals surface area contributed by atoms with Gasteiger partial charge in [0, 0.05) is 19.6 Å². The summed E-state index contributed by atoms with van der Waals surface area (Å²) in [5.74, 6) is -5.07. The molecule has 0 bridgehead atoms. The summed E-state index contributed by atoms with van der Waals surface area (Å²) in [7, 11) is 0. The van der Waals surface area contributed by atoms with E-state index in [1.54, 1.807) is 0 Å². The van der Waals surface area contributed by atoms with E-state index in [1.165, 1.54) is 4.90 Å². The number of nitrogens with two attached hydrogens (primary N) is 3. The first-order valence-corrected chi connectivity index (χ1v) is 6.69. The topological polar surface area (TPSA) is 193 Å². The molecule has 0 saturated heterocycles. The van der Waals surface area contributed by atoms with Crippen molar-refractivity contribution in [2.24, 2.45) is 35.0 Å². The van der Waals surface area contributed by atoms with E-state index in [-0.39, 0.29) is 19.6 Å². The Hall–Kier alpha value is -1.75. The van der Waals surface area contributed by atoms with Crippen LogP contribution in [0, 0.1) is 17.8 Å². The molecule has 3 amide bonds. The standard InChI is InChI=1S/C12H24N4O6/c13-10(20)7(4-17)1-16(2-8(5-18)11(14)21)3-9(6-19)12(15)22/h7-9,17-19H,1-6H2,(H2,13,20)(H2,14,21)(H2,15,22). The molecule has 0 saturated carbocycles. The van der Waals surface area contributed by atoms with Gasteiger partial charge >= 0.3 is 0 Å². The van der Waals surface area contributed by atoms with Crippen LogP contribution in [0.25, 0.3) is 0 Å². The number of amides is 3. The number of carbonyl (C=O) groups is 3. The summed E-state index contributed by atoms with van der Waals surface area (Å²) in [6.07, 6.45) is 0. The molecule has 9 N–H and O–H groups in total. The van der Waals surface area contributed by atoms with Crippen LogP contribution in [0.2, 0.25) is 0 Å². The van der Waals surface area contributed by atoms with Crippen molar-refractivity contribution in [3.05, 3.63) is 0 Å². The number of rotatable bonds is 12. The zero-order valence-corrected chi connectivity index (χ0v) is 12.2. The number of primary amides is 3. The molecule has 0 fully saturated rings. The van der Waals surface area contributed by atoms with E-state index in [0.29, 0.717) is 0 Å². The maximum absolute atomic E-state index is 11.2. The molecule has 0 spiro atoms. The number of aliphatic hydroxyl groups is 3. The molecular weight excluding hydrogens is 296 g/mol. The number of hydrogen-bond acceptors (Lipinski definition) is 7. The molecule has 0 aliphatic rings. The van der Waals surface area contributed by atoms with Gasteiger partial charge < -0.3 is 37.4 Å². The van der Waals surface area contributed by atoms with Crippen LogP contribution in [0.4, 0.5) is 0 Å². The summed E-state index contributed by atoms with van der Waals surface area (Å²) >= 11 is 0. The van der Waals surface area contributed by atoms with Gasteiger partial charge in [-0.1, -0.05) is 0 Å². The lowest BCUT2D eigenvalue weighted by Crippen LogP contribution is -2.47. The Bertz CT molecular complexity index is 335. The van der Waals surface area contributed by atoms with Crippen molar-refractivity contribution in [3.63, 3.8) is 0 Å². The fourth-order valence-corrected chi connectivity index (χ4v) is 1.87. The molecule has 10 nitrogen and oxygen atoms in total. The van der Waals surface area contributed by atoms with E-state index >= 15 is 0 Å². The van der Waals surface area contributed by atoms with Crippen LogP contribution < -0.4 is 17.2 Å². The second-order valence-corrected chi connectivity index (χ2v) is 5.06. The van der Waals surface area contributed by atoms with Crippen molar-refractivity contribution in [1.29, 1.82) is 0 Å². The van der Waals surface area contributed by atoms with Crippen molar-refractivity contribution in [2.45, 2.75) is 0 Å². The van der Waals surface area contributed by atoms with Crippen LogP contribution in [0.3, 0.4) is 0 Å². The first-order chi connectivity index (χ1) is 10.3. The minimum Gasteiger partial charge on any atom is -0.395 e. The van der Waals surface area contributed by atoms with E-state index in [9.17, 15) is 14.4 Å². The molecular formula is C12H24N4O6. The molecule has 0 aromatic heterocycles. The Morgan fingerprint density at radius 2 is 0.909 bits per heavy atom. The summed E-state index contributed by atoms with van der Waals surface area (Å²) in [4.78, 5) is 35.0. The summed E-state index contributed by atoms with van der Waals surface area (Å²) in [5, 5.41) is 27.4. The van der Waals surface area contributed by atoms with E-state index in [2.05, 4.69) is 0 Å². The van der Waals surface area contributed by atoms with Gasteiger partial charge in [-0.05, 0) is 0 Å². The van der Waals surface area contributed by atoms with Gasteiger partial charge in [-0.15, -0.1) is 0 Å². The van der Waals surface area contributed by atoms with Gasteiger partial charge in [0.2, 0.25) is 17.7 Å². The molecule has 3 atom stereocenters. The Kier molecular flexibility index (Phi) is 9.26. The molecule has 22 heavy (non-hydrogen) atoms. The van der Waals surface area contributed by atoms with Crippen LogP contribution in [0.15, 0.2) is 0 Å². The number of hydrogen-bond donors (Lipinski definition) is 6. The van der Waals surface area contributed by atoms with E-state index in [4.69, 9.17) is 32.5 Å². The number of aliphatic hydroxyl groups excluding tert-OH is 3. The Morgan fingerprint density at radius 1 is 0.682 bits per heavy atom. The zero-order valence-electron chi connectivity index (χ0n) is 12.2. The summed E-state index contributed by atoms with van der Waals surface area (Å²) < 4.78 is 0. The first kappa shape index (κ1) is 20.2. The SMILES string of the molecule is NC(=O)C(CO)CN(CC(CO)C(N)=O)CC(CO)C(N)=O. The highest BCUT2D eigenvalue weighted by molar-refractivity contribution is 5.78. The zero-order chi connectivity index (χ0) is 17.3. The van der Waals surface area contributed by atoms with Gasteiger partial charge in [0.15, 0.2) is 0 Å². The maximum atomic E-state index is 11.2. The lowest BCUT2D eigenvalue weighted by Gasteiger charge is -2.29. The number of nitrogens with zero attached hydrogens (tertiary/aromatic N) is 1. The third-order valence-electron chi connectivity index (χ3n) is 3.30. The highest BCUT2D eigenvalue weighted by atomic mass is 16.3. The smallest absolute Gasteiger partial charge is 0.224 e. The van der Waals surface area contributed by atoms with Gasteiger partial charge in [-0.3, -0.25) is 14.4 Å².